The molecule has 0 radical (unpaired) electrons. The molecule has 0 bridgehead atoms. The van der Waals surface area contributed by atoms with Gasteiger partial charge in [-0.3, -0.25) is 0 Å². The molecule has 0 fully saturated rings. The van der Waals surface area contributed by atoms with Gasteiger partial charge in [0, 0.05) is 0 Å². The van der Waals surface area contributed by atoms with Crippen molar-refractivity contribution in [2.24, 2.45) is 0 Å². The molecular formula is C5H8Hg2O4. The molecule has 0 atom stereocenters. The zero-order valence-electron chi connectivity index (χ0n) is 6.75. The van der Waals surface area contributed by atoms with E-state index in [9.17, 15) is 9.59 Å². The molecule has 4 nitrogen and oxygen atoms in total. The Morgan fingerprint density at radius 3 is 1.73 bits per heavy atom. The first kappa shape index (κ1) is 11.8. The van der Waals surface area contributed by atoms with Gasteiger partial charge in [0.2, 0.25) is 0 Å². The second-order valence-corrected chi connectivity index (χ2v) is 34.3. The molecule has 0 aromatic heterocycles. The van der Waals surface area contributed by atoms with Gasteiger partial charge in [-0.05, 0) is 0 Å². The van der Waals surface area contributed by atoms with Crippen molar-refractivity contribution >= 4 is 11.9 Å². The topological polar surface area (TPSA) is 52.6 Å². The fourth-order valence-electron chi connectivity index (χ4n) is 0.491. The van der Waals surface area contributed by atoms with Gasteiger partial charge in [0.05, 0.1) is 0 Å². The normalized spacial score (nSPS) is 7.45. The maximum absolute atomic E-state index is 10.3. The summed E-state index contributed by atoms with van der Waals surface area (Å²) in [6.07, 6.45) is 0. The van der Waals surface area contributed by atoms with E-state index in [0.29, 0.717) is 0 Å². The van der Waals surface area contributed by atoms with Crippen LogP contribution in [0.1, 0.15) is 13.8 Å². The first-order chi connectivity index (χ1) is 5.13. The Kier molecular flexibility index (Phi) is 8.01. The Bertz CT molecular complexity index is 131. The molecule has 0 aromatic rings. The van der Waals surface area contributed by atoms with E-state index in [4.69, 9.17) is 5.29 Å². The number of carbonyl (C=O) groups is 2. The van der Waals surface area contributed by atoms with Crippen LogP contribution in [0.4, 0.5) is 0 Å². The van der Waals surface area contributed by atoms with Crippen LogP contribution in [0.25, 0.3) is 0 Å². The monoisotopic (exact) mass is 536 g/mol. The van der Waals surface area contributed by atoms with E-state index in [-0.39, 0.29) is 11.9 Å². The predicted molar refractivity (Wildman–Crippen MR) is 28.3 cm³/mol. The number of hydrogen-bond acceptors (Lipinski definition) is 4. The van der Waals surface area contributed by atoms with Gasteiger partial charge in [0.15, 0.2) is 0 Å². The second-order valence-electron chi connectivity index (χ2n) is 2.03. The van der Waals surface area contributed by atoms with E-state index in [1.165, 1.54) is 13.8 Å². The van der Waals surface area contributed by atoms with Gasteiger partial charge < -0.3 is 0 Å². The number of carbonyl (C=O) groups excluding carboxylic acids is 2. The molecule has 0 spiro atoms. The first-order valence-electron chi connectivity index (χ1n) is 3.39. The third kappa shape index (κ3) is 10.8. The molecule has 0 aliphatic rings. The SMILES string of the molecule is CC(=O)[O][Hg][CH2][Hg][O]C(C)=O. The molecule has 0 aliphatic carbocycles. The molecule has 0 unspecified atom stereocenters. The van der Waals surface area contributed by atoms with Crippen molar-refractivity contribution in [1.29, 1.82) is 0 Å². The van der Waals surface area contributed by atoms with Crippen LogP contribution in [-0.4, -0.2) is 11.9 Å². The van der Waals surface area contributed by atoms with Crippen molar-refractivity contribution in [3.63, 3.8) is 0 Å². The second kappa shape index (κ2) is 7.46. The summed E-state index contributed by atoms with van der Waals surface area (Å²) < 4.78 is 10.7. The summed E-state index contributed by atoms with van der Waals surface area (Å²) in [5.74, 6) is -0.356. The molecule has 0 saturated carbocycles. The summed E-state index contributed by atoms with van der Waals surface area (Å²) in [5.41, 5.74) is 0. The molecule has 0 heterocycles. The van der Waals surface area contributed by atoms with Crippen molar-refractivity contribution < 1.29 is 64.9 Å². The van der Waals surface area contributed by atoms with E-state index < -0.39 is 50.1 Å². The minimum atomic E-state index is -1.38. The third-order valence-corrected chi connectivity index (χ3v) is 27.6. The molecule has 0 saturated heterocycles. The molecule has 0 rings (SSSR count). The third-order valence-electron chi connectivity index (χ3n) is 0.899. The van der Waals surface area contributed by atoms with Crippen LogP contribution in [0.2, 0.25) is 1.44 Å². The average molecular weight is 533 g/mol. The van der Waals surface area contributed by atoms with Gasteiger partial charge in [0.1, 0.15) is 0 Å². The molecule has 6 heteroatoms. The van der Waals surface area contributed by atoms with Gasteiger partial charge in [-0.25, -0.2) is 0 Å². The standard InChI is InChI=1S/2C2H4O2.CH2.2Hg/c2*1-2(3)4;;;/h2*1H3,(H,3,4);1H2;;/q;;;2*+1/p-2. The molecule has 56 valence electrons. The van der Waals surface area contributed by atoms with Crippen LogP contribution in [0.15, 0.2) is 0 Å². The molecular weight excluding hydrogens is 525 g/mol. The summed E-state index contributed by atoms with van der Waals surface area (Å²) in [4.78, 5) is 20.6. The van der Waals surface area contributed by atoms with Crippen LogP contribution in [0.5, 0.6) is 0 Å². The average Bonchev–Trinajstić information content (AvgIpc) is 1.85. The molecule has 0 aliphatic heterocycles. The maximum atomic E-state index is 10.3. The minimum absolute atomic E-state index is 0.178. The van der Waals surface area contributed by atoms with Crippen molar-refractivity contribution in [3.05, 3.63) is 0 Å². The summed E-state index contributed by atoms with van der Waals surface area (Å²) in [7, 11) is 0. The van der Waals surface area contributed by atoms with Crippen molar-refractivity contribution in [2.75, 3.05) is 0 Å². The molecule has 0 N–H and O–H groups in total. The van der Waals surface area contributed by atoms with Crippen molar-refractivity contribution in [3.8, 4) is 0 Å². The zero-order valence-corrected chi connectivity index (χ0v) is 17.7. The van der Waals surface area contributed by atoms with Gasteiger partial charge in [-0.1, -0.05) is 0 Å². The summed E-state index contributed by atoms with van der Waals surface area (Å²) in [6.45, 7) is 2.84. The first-order valence-corrected chi connectivity index (χ1v) is 15.7. The van der Waals surface area contributed by atoms with Crippen LogP contribution in [-0.2, 0) is 64.9 Å². The van der Waals surface area contributed by atoms with E-state index in [1.54, 1.807) is 0 Å². The predicted octanol–water partition coefficient (Wildman–Crippen LogP) is 0.483. The van der Waals surface area contributed by atoms with E-state index in [0.717, 1.165) is 1.44 Å². The van der Waals surface area contributed by atoms with Gasteiger partial charge in [-0.15, -0.1) is 0 Å². The summed E-state index contributed by atoms with van der Waals surface area (Å²) in [6, 6.07) is 0. The van der Waals surface area contributed by atoms with E-state index in [1.807, 2.05) is 0 Å². The Labute approximate surface area is 91.2 Å². The zero-order chi connectivity index (χ0) is 8.69. The number of rotatable bonds is 4. The van der Waals surface area contributed by atoms with Crippen LogP contribution < -0.4 is 0 Å². The Balaban J connectivity index is 3.03. The van der Waals surface area contributed by atoms with E-state index >= 15 is 0 Å². The van der Waals surface area contributed by atoms with Crippen molar-refractivity contribution in [1.82, 2.24) is 0 Å². The van der Waals surface area contributed by atoms with Gasteiger partial charge in [0.25, 0.3) is 0 Å². The Hall–Kier alpha value is 0.810. The summed E-state index contributed by atoms with van der Waals surface area (Å²) >= 11 is -2.75. The van der Waals surface area contributed by atoms with Crippen LogP contribution in [0, 0.1) is 0 Å². The number of hydrogen-bond donors (Lipinski definition) is 0. The van der Waals surface area contributed by atoms with Crippen LogP contribution >= 0.6 is 0 Å². The van der Waals surface area contributed by atoms with Gasteiger partial charge >= 0.3 is 92.2 Å². The summed E-state index contributed by atoms with van der Waals surface area (Å²) in [5, 5.41) is 0. The van der Waals surface area contributed by atoms with E-state index in [2.05, 4.69) is 0 Å². The van der Waals surface area contributed by atoms with Gasteiger partial charge in [-0.2, -0.15) is 0 Å². The quantitative estimate of drug-likeness (QED) is 0.390. The fraction of sp³-hybridized carbons (Fsp3) is 0.600. The molecule has 0 amide bonds. The Morgan fingerprint density at radius 1 is 1.09 bits per heavy atom. The molecule has 0 aromatic carbocycles. The Morgan fingerprint density at radius 2 is 1.45 bits per heavy atom. The molecule has 11 heavy (non-hydrogen) atoms. The van der Waals surface area contributed by atoms with Crippen LogP contribution in [0.3, 0.4) is 0 Å². The van der Waals surface area contributed by atoms with Crippen molar-refractivity contribution in [2.45, 2.75) is 15.3 Å². The fourth-order valence-corrected chi connectivity index (χ4v) is 18.2.